The van der Waals surface area contributed by atoms with Crippen molar-refractivity contribution >= 4 is 33.0 Å². The Bertz CT molecular complexity index is 1090. The number of imidazole rings is 1. The molecule has 0 bridgehead atoms. The molecule has 1 N–H and O–H groups in total. The second-order valence-corrected chi connectivity index (χ2v) is 7.02. The molecule has 3 rings (SSSR count). The van der Waals surface area contributed by atoms with E-state index in [1.807, 2.05) is 31.2 Å². The second-order valence-electron chi connectivity index (χ2n) is 6.10. The third kappa shape index (κ3) is 3.22. The lowest BCUT2D eigenvalue weighted by Gasteiger charge is -2.15. The number of aryl methyl sites for hydroxylation is 2. The van der Waals surface area contributed by atoms with E-state index in [0.29, 0.717) is 5.65 Å². The Labute approximate surface area is 157 Å². The van der Waals surface area contributed by atoms with E-state index in [4.69, 9.17) is 0 Å². The minimum absolute atomic E-state index is 0.254. The standard InChI is InChI=1S/C17H18BrN5O3/c1-10(11-4-6-12(18)7-5-11)20-13(24)8-23-16(25)14-15(19-9-21(14)2)22(3)17(23)26/h4-7,9-10H,8H2,1-3H3,(H,20,24). The molecule has 136 valence electrons. The molecule has 8 nitrogen and oxygen atoms in total. The van der Waals surface area contributed by atoms with E-state index >= 15 is 0 Å². The van der Waals surface area contributed by atoms with E-state index in [1.165, 1.54) is 22.5 Å². The number of carbonyl (C=O) groups is 1. The predicted molar refractivity (Wildman–Crippen MR) is 101 cm³/mol. The molecule has 0 aliphatic rings. The largest absolute Gasteiger partial charge is 0.348 e. The van der Waals surface area contributed by atoms with Gasteiger partial charge in [0.05, 0.1) is 12.4 Å². The van der Waals surface area contributed by atoms with Crippen LogP contribution in [0, 0.1) is 0 Å². The van der Waals surface area contributed by atoms with Gasteiger partial charge in [0.2, 0.25) is 5.91 Å². The molecule has 1 unspecified atom stereocenters. The van der Waals surface area contributed by atoms with E-state index < -0.39 is 17.2 Å². The highest BCUT2D eigenvalue weighted by Crippen LogP contribution is 2.16. The number of amides is 1. The highest BCUT2D eigenvalue weighted by Gasteiger charge is 2.18. The summed E-state index contributed by atoms with van der Waals surface area (Å²) in [6.45, 7) is 1.49. The number of carbonyl (C=O) groups excluding carboxylic acids is 1. The number of nitrogens with one attached hydrogen (secondary N) is 1. The molecule has 26 heavy (non-hydrogen) atoms. The second kappa shape index (κ2) is 6.91. The zero-order valence-corrected chi connectivity index (χ0v) is 16.1. The van der Waals surface area contributed by atoms with Gasteiger partial charge in [0.15, 0.2) is 11.2 Å². The van der Waals surface area contributed by atoms with E-state index in [-0.39, 0.29) is 18.1 Å². The van der Waals surface area contributed by atoms with Gasteiger partial charge in [0.25, 0.3) is 5.56 Å². The number of hydrogen-bond donors (Lipinski definition) is 1. The zero-order valence-electron chi connectivity index (χ0n) is 14.6. The molecule has 0 fully saturated rings. The van der Waals surface area contributed by atoms with Crippen molar-refractivity contribution in [3.63, 3.8) is 0 Å². The van der Waals surface area contributed by atoms with Crippen molar-refractivity contribution in [2.45, 2.75) is 19.5 Å². The topological polar surface area (TPSA) is 90.9 Å². The number of halogens is 1. The van der Waals surface area contributed by atoms with Crippen LogP contribution in [0.15, 0.2) is 44.7 Å². The van der Waals surface area contributed by atoms with Crippen LogP contribution >= 0.6 is 15.9 Å². The Morgan fingerprint density at radius 2 is 1.88 bits per heavy atom. The van der Waals surface area contributed by atoms with Gasteiger partial charge in [-0.1, -0.05) is 28.1 Å². The lowest BCUT2D eigenvalue weighted by molar-refractivity contribution is -0.122. The van der Waals surface area contributed by atoms with E-state index in [9.17, 15) is 14.4 Å². The average Bonchev–Trinajstić information content (AvgIpc) is 2.99. The van der Waals surface area contributed by atoms with Crippen molar-refractivity contribution in [3.05, 3.63) is 61.5 Å². The first kappa shape index (κ1) is 18.1. The number of aromatic nitrogens is 4. The molecule has 2 aromatic heterocycles. The smallest absolute Gasteiger partial charge is 0.332 e. The monoisotopic (exact) mass is 419 g/mol. The van der Waals surface area contributed by atoms with Crippen molar-refractivity contribution in [1.29, 1.82) is 0 Å². The Kier molecular flexibility index (Phi) is 4.82. The molecule has 0 aliphatic carbocycles. The van der Waals surface area contributed by atoms with Crippen LogP contribution < -0.4 is 16.6 Å². The first-order valence-electron chi connectivity index (χ1n) is 7.95. The molecule has 0 spiro atoms. The van der Waals surface area contributed by atoms with Gasteiger partial charge in [-0.25, -0.2) is 14.3 Å². The Morgan fingerprint density at radius 1 is 1.23 bits per heavy atom. The Balaban J connectivity index is 1.88. The summed E-state index contributed by atoms with van der Waals surface area (Å²) in [5.41, 5.74) is 0.384. The first-order valence-corrected chi connectivity index (χ1v) is 8.74. The summed E-state index contributed by atoms with van der Waals surface area (Å²) in [7, 11) is 3.19. The SMILES string of the molecule is CC(NC(=O)Cn1c(=O)c2c(ncn2C)n(C)c1=O)c1ccc(Br)cc1. The third-order valence-corrected chi connectivity index (χ3v) is 4.78. The van der Waals surface area contributed by atoms with Gasteiger partial charge in [-0.3, -0.25) is 14.2 Å². The Hall–Kier alpha value is -2.68. The van der Waals surface area contributed by atoms with Gasteiger partial charge in [-0.15, -0.1) is 0 Å². The van der Waals surface area contributed by atoms with Gasteiger partial charge >= 0.3 is 5.69 Å². The van der Waals surface area contributed by atoms with Gasteiger partial charge in [-0.2, -0.15) is 0 Å². The maximum atomic E-state index is 12.6. The van der Waals surface area contributed by atoms with Gasteiger partial charge < -0.3 is 9.88 Å². The van der Waals surface area contributed by atoms with Crippen molar-refractivity contribution < 1.29 is 4.79 Å². The Morgan fingerprint density at radius 3 is 2.54 bits per heavy atom. The van der Waals surface area contributed by atoms with Crippen molar-refractivity contribution in [1.82, 2.24) is 24.0 Å². The molecule has 0 aliphatic heterocycles. The summed E-state index contributed by atoms with van der Waals surface area (Å²) in [6, 6.07) is 7.29. The minimum Gasteiger partial charge on any atom is -0.348 e. The van der Waals surface area contributed by atoms with Crippen LogP contribution in [-0.2, 0) is 25.4 Å². The van der Waals surface area contributed by atoms with Gasteiger partial charge in [-0.05, 0) is 24.6 Å². The highest BCUT2D eigenvalue weighted by atomic mass is 79.9. The van der Waals surface area contributed by atoms with E-state index in [0.717, 1.165) is 14.6 Å². The molecule has 0 radical (unpaired) electrons. The van der Waals surface area contributed by atoms with Crippen LogP contribution in [0.1, 0.15) is 18.5 Å². The molecule has 0 saturated carbocycles. The summed E-state index contributed by atoms with van der Waals surface area (Å²) in [4.78, 5) is 41.5. The maximum absolute atomic E-state index is 12.6. The normalized spacial score (nSPS) is 12.3. The fraction of sp³-hybridized carbons (Fsp3) is 0.294. The van der Waals surface area contributed by atoms with E-state index in [2.05, 4.69) is 26.2 Å². The number of hydrogen-bond acceptors (Lipinski definition) is 4. The van der Waals surface area contributed by atoms with Crippen molar-refractivity contribution in [3.8, 4) is 0 Å². The lowest BCUT2D eigenvalue weighted by Crippen LogP contribution is -2.43. The van der Waals surface area contributed by atoms with Crippen LogP contribution in [-0.4, -0.2) is 24.6 Å². The van der Waals surface area contributed by atoms with Crippen LogP contribution in [0.25, 0.3) is 11.2 Å². The van der Waals surface area contributed by atoms with Crippen LogP contribution in [0.5, 0.6) is 0 Å². The fourth-order valence-corrected chi connectivity index (χ4v) is 3.07. The van der Waals surface area contributed by atoms with E-state index in [1.54, 1.807) is 7.05 Å². The molecular weight excluding hydrogens is 402 g/mol. The number of benzene rings is 1. The van der Waals surface area contributed by atoms with Crippen molar-refractivity contribution in [2.75, 3.05) is 0 Å². The summed E-state index contributed by atoms with van der Waals surface area (Å²) in [5, 5.41) is 2.81. The number of nitrogens with zero attached hydrogens (tertiary/aromatic N) is 4. The van der Waals surface area contributed by atoms with Crippen LogP contribution in [0.2, 0.25) is 0 Å². The fourth-order valence-electron chi connectivity index (χ4n) is 2.80. The molecule has 3 aromatic rings. The quantitative estimate of drug-likeness (QED) is 0.684. The van der Waals surface area contributed by atoms with Crippen LogP contribution in [0.4, 0.5) is 0 Å². The summed E-state index contributed by atoms with van der Waals surface area (Å²) in [6.07, 6.45) is 1.46. The van der Waals surface area contributed by atoms with Crippen molar-refractivity contribution in [2.24, 2.45) is 14.1 Å². The first-order chi connectivity index (χ1) is 12.3. The number of rotatable bonds is 4. The molecular formula is C17H18BrN5O3. The third-order valence-electron chi connectivity index (χ3n) is 4.25. The highest BCUT2D eigenvalue weighted by molar-refractivity contribution is 9.10. The number of fused-ring (bicyclic) bond motifs is 1. The molecule has 1 amide bonds. The summed E-state index contributed by atoms with van der Waals surface area (Å²) >= 11 is 3.37. The maximum Gasteiger partial charge on any atom is 0.332 e. The summed E-state index contributed by atoms with van der Waals surface area (Å²) in [5.74, 6) is -0.416. The molecule has 1 atom stereocenters. The molecule has 9 heteroatoms. The van der Waals surface area contributed by atoms with Gasteiger partial charge in [0.1, 0.15) is 6.54 Å². The average molecular weight is 420 g/mol. The zero-order chi connectivity index (χ0) is 19.0. The predicted octanol–water partition coefficient (Wildman–Crippen LogP) is 1.07. The molecule has 2 heterocycles. The minimum atomic E-state index is -0.576. The summed E-state index contributed by atoms with van der Waals surface area (Å²) < 4.78 is 4.67. The molecule has 1 aromatic carbocycles. The van der Waals surface area contributed by atoms with Crippen LogP contribution in [0.3, 0.4) is 0 Å². The van der Waals surface area contributed by atoms with Gasteiger partial charge in [0, 0.05) is 18.6 Å². The lowest BCUT2D eigenvalue weighted by atomic mass is 10.1. The molecule has 0 saturated heterocycles.